The highest BCUT2D eigenvalue weighted by Gasteiger charge is 2.35. The Bertz CT molecular complexity index is 346. The predicted octanol–water partition coefficient (Wildman–Crippen LogP) is 2.81. The minimum absolute atomic E-state index is 0.0106. The first-order chi connectivity index (χ1) is 8.15. The summed E-state index contributed by atoms with van der Waals surface area (Å²) in [5.74, 6) is 0.590. The fourth-order valence-electron chi connectivity index (χ4n) is 2.30. The van der Waals surface area contributed by atoms with E-state index >= 15 is 0 Å². The maximum atomic E-state index is 9.37. The van der Waals surface area contributed by atoms with Gasteiger partial charge in [-0.2, -0.15) is 0 Å². The van der Waals surface area contributed by atoms with E-state index in [0.29, 0.717) is 5.92 Å². The van der Waals surface area contributed by atoms with Gasteiger partial charge in [0.2, 0.25) is 0 Å². The summed E-state index contributed by atoms with van der Waals surface area (Å²) in [7, 11) is 0. The number of aliphatic hydroxyl groups is 1. The fourth-order valence-corrected chi connectivity index (χ4v) is 2.30. The van der Waals surface area contributed by atoms with E-state index in [9.17, 15) is 5.11 Å². The molecule has 0 atom stereocenters. The Morgan fingerprint density at radius 1 is 1.24 bits per heavy atom. The summed E-state index contributed by atoms with van der Waals surface area (Å²) in [6.07, 6.45) is 3.45. The molecule has 2 N–H and O–H groups in total. The van der Waals surface area contributed by atoms with Crippen molar-refractivity contribution in [2.45, 2.75) is 51.1 Å². The molecule has 0 aromatic heterocycles. The lowest BCUT2D eigenvalue weighted by molar-refractivity contribution is 0.0872. The fraction of sp³-hybridized carbons (Fsp3) is 0.600. The van der Waals surface area contributed by atoms with Crippen molar-refractivity contribution in [3.63, 3.8) is 0 Å². The Balaban J connectivity index is 1.91. The minimum atomic E-state index is 0.0106. The van der Waals surface area contributed by atoms with Gasteiger partial charge in [0.25, 0.3) is 0 Å². The molecule has 0 heterocycles. The number of nitrogens with one attached hydrogen (secondary N) is 1. The molecular formula is C15H23NO. The van der Waals surface area contributed by atoms with Crippen LogP contribution in [0.15, 0.2) is 24.3 Å². The summed E-state index contributed by atoms with van der Waals surface area (Å²) in [5.41, 5.74) is 2.69. The third kappa shape index (κ3) is 2.88. The lowest BCUT2D eigenvalue weighted by atomic mass is 9.77. The van der Waals surface area contributed by atoms with Crippen molar-refractivity contribution < 1.29 is 5.11 Å². The molecule has 1 aromatic rings. The van der Waals surface area contributed by atoms with Gasteiger partial charge in [-0.15, -0.1) is 0 Å². The van der Waals surface area contributed by atoms with Gasteiger partial charge in [0.05, 0.1) is 6.61 Å². The molecule has 17 heavy (non-hydrogen) atoms. The van der Waals surface area contributed by atoms with Crippen LogP contribution in [0.1, 0.15) is 50.2 Å². The zero-order chi connectivity index (χ0) is 12.3. The second kappa shape index (κ2) is 5.19. The lowest BCUT2D eigenvalue weighted by Crippen LogP contribution is -2.53. The Morgan fingerprint density at radius 3 is 2.29 bits per heavy atom. The molecule has 1 fully saturated rings. The van der Waals surface area contributed by atoms with E-state index in [1.807, 2.05) is 0 Å². The second-order valence-corrected chi connectivity index (χ2v) is 5.54. The first-order valence-corrected chi connectivity index (χ1v) is 6.60. The molecule has 1 aliphatic rings. The molecular weight excluding hydrogens is 210 g/mol. The van der Waals surface area contributed by atoms with Crippen LogP contribution in [-0.2, 0) is 6.54 Å². The Hall–Kier alpha value is -0.860. The second-order valence-electron chi connectivity index (χ2n) is 5.54. The normalized spacial score (nSPS) is 18.1. The molecule has 1 aliphatic carbocycles. The van der Waals surface area contributed by atoms with Crippen LogP contribution in [0.2, 0.25) is 0 Å². The number of benzene rings is 1. The molecule has 0 unspecified atom stereocenters. The first-order valence-electron chi connectivity index (χ1n) is 6.60. The molecule has 2 nitrogen and oxygen atoms in total. The number of hydrogen-bond acceptors (Lipinski definition) is 2. The maximum absolute atomic E-state index is 9.37. The Morgan fingerprint density at radius 2 is 1.88 bits per heavy atom. The summed E-state index contributed by atoms with van der Waals surface area (Å²) in [6, 6.07) is 8.78. The minimum Gasteiger partial charge on any atom is -0.394 e. The number of rotatable bonds is 5. The third-order valence-corrected chi connectivity index (χ3v) is 3.93. The van der Waals surface area contributed by atoms with E-state index in [-0.39, 0.29) is 12.1 Å². The molecule has 0 amide bonds. The van der Waals surface area contributed by atoms with Crippen molar-refractivity contribution in [1.82, 2.24) is 5.32 Å². The molecule has 0 spiro atoms. The summed E-state index contributed by atoms with van der Waals surface area (Å²) in [5, 5.41) is 12.9. The van der Waals surface area contributed by atoms with Crippen LogP contribution >= 0.6 is 0 Å². The van der Waals surface area contributed by atoms with Crippen LogP contribution in [0, 0.1) is 0 Å². The van der Waals surface area contributed by atoms with Crippen molar-refractivity contribution in [1.29, 1.82) is 0 Å². The molecule has 2 rings (SSSR count). The van der Waals surface area contributed by atoms with Gasteiger partial charge in [-0.05, 0) is 36.3 Å². The van der Waals surface area contributed by atoms with Gasteiger partial charge in [-0.3, -0.25) is 0 Å². The highest BCUT2D eigenvalue weighted by atomic mass is 16.3. The van der Waals surface area contributed by atoms with Crippen molar-refractivity contribution in [3.8, 4) is 0 Å². The van der Waals surface area contributed by atoms with Crippen LogP contribution in [0.3, 0.4) is 0 Å². The van der Waals surface area contributed by atoms with Crippen LogP contribution in [0.5, 0.6) is 0 Å². The Labute approximate surface area is 104 Å². The first kappa shape index (κ1) is 12.6. The standard InChI is InChI=1S/C15H23NO/c1-12(2)14-6-4-13(5-7-14)10-16-15(11-17)8-3-9-15/h4-7,12,16-17H,3,8-11H2,1-2H3. The molecule has 0 aliphatic heterocycles. The van der Waals surface area contributed by atoms with Crippen molar-refractivity contribution >= 4 is 0 Å². The van der Waals surface area contributed by atoms with E-state index in [1.54, 1.807) is 0 Å². The van der Waals surface area contributed by atoms with Gasteiger partial charge in [0, 0.05) is 12.1 Å². The van der Waals surface area contributed by atoms with Crippen LogP contribution in [0.25, 0.3) is 0 Å². The summed E-state index contributed by atoms with van der Waals surface area (Å²) >= 11 is 0. The van der Waals surface area contributed by atoms with Gasteiger partial charge in [0.15, 0.2) is 0 Å². The molecule has 0 bridgehead atoms. The zero-order valence-corrected chi connectivity index (χ0v) is 10.9. The molecule has 0 radical (unpaired) electrons. The van der Waals surface area contributed by atoms with E-state index < -0.39 is 0 Å². The highest BCUT2D eigenvalue weighted by molar-refractivity contribution is 5.24. The van der Waals surface area contributed by atoms with Gasteiger partial charge in [0.1, 0.15) is 0 Å². The largest absolute Gasteiger partial charge is 0.394 e. The van der Waals surface area contributed by atoms with Gasteiger partial charge in [-0.25, -0.2) is 0 Å². The maximum Gasteiger partial charge on any atom is 0.0613 e. The SMILES string of the molecule is CC(C)c1ccc(CNC2(CO)CCC2)cc1. The topological polar surface area (TPSA) is 32.3 Å². The van der Waals surface area contributed by atoms with Crippen molar-refractivity contribution in [3.05, 3.63) is 35.4 Å². The number of hydrogen-bond donors (Lipinski definition) is 2. The highest BCUT2D eigenvalue weighted by Crippen LogP contribution is 2.31. The van der Waals surface area contributed by atoms with Gasteiger partial charge in [-0.1, -0.05) is 38.1 Å². The van der Waals surface area contributed by atoms with Crippen molar-refractivity contribution in [2.24, 2.45) is 0 Å². The molecule has 94 valence electrons. The monoisotopic (exact) mass is 233 g/mol. The van der Waals surface area contributed by atoms with E-state index in [0.717, 1.165) is 19.4 Å². The van der Waals surface area contributed by atoms with E-state index in [1.165, 1.54) is 17.5 Å². The summed E-state index contributed by atoms with van der Waals surface area (Å²) < 4.78 is 0. The third-order valence-electron chi connectivity index (χ3n) is 3.93. The number of aliphatic hydroxyl groups excluding tert-OH is 1. The molecule has 1 saturated carbocycles. The molecule has 0 saturated heterocycles. The predicted molar refractivity (Wildman–Crippen MR) is 71.0 cm³/mol. The van der Waals surface area contributed by atoms with E-state index in [2.05, 4.69) is 43.4 Å². The Kier molecular flexibility index (Phi) is 3.85. The zero-order valence-electron chi connectivity index (χ0n) is 10.9. The average molecular weight is 233 g/mol. The summed E-state index contributed by atoms with van der Waals surface area (Å²) in [6.45, 7) is 5.54. The van der Waals surface area contributed by atoms with E-state index in [4.69, 9.17) is 0 Å². The molecule has 2 heteroatoms. The summed E-state index contributed by atoms with van der Waals surface area (Å²) in [4.78, 5) is 0. The smallest absolute Gasteiger partial charge is 0.0613 e. The lowest BCUT2D eigenvalue weighted by Gasteiger charge is -2.41. The van der Waals surface area contributed by atoms with Crippen LogP contribution in [0.4, 0.5) is 0 Å². The molecule has 1 aromatic carbocycles. The average Bonchev–Trinajstić information content (AvgIpc) is 2.29. The van der Waals surface area contributed by atoms with Gasteiger partial charge < -0.3 is 10.4 Å². The van der Waals surface area contributed by atoms with Gasteiger partial charge >= 0.3 is 0 Å². The van der Waals surface area contributed by atoms with Crippen LogP contribution < -0.4 is 5.32 Å². The van der Waals surface area contributed by atoms with Crippen molar-refractivity contribution in [2.75, 3.05) is 6.61 Å². The quantitative estimate of drug-likeness (QED) is 0.819. The van der Waals surface area contributed by atoms with Crippen LogP contribution in [-0.4, -0.2) is 17.3 Å².